The molecule has 0 radical (unpaired) electrons. The molecule has 0 amide bonds. The molecule has 0 aromatic heterocycles. The van der Waals surface area contributed by atoms with Gasteiger partial charge in [-0.05, 0) is 41.0 Å². The second-order valence-electron chi connectivity index (χ2n) is 5.19. The van der Waals surface area contributed by atoms with Crippen molar-refractivity contribution in [1.29, 1.82) is 0 Å². The predicted octanol–water partition coefficient (Wildman–Crippen LogP) is 4.60. The Morgan fingerprint density at radius 1 is 1.14 bits per heavy atom. The molecular weight excluding hydrogens is 315 g/mol. The Balaban J connectivity index is 1.67. The Bertz CT molecular complexity index is 676. The van der Waals surface area contributed by atoms with E-state index in [1.54, 1.807) is 12.1 Å². The van der Waals surface area contributed by atoms with Crippen molar-refractivity contribution in [2.45, 2.75) is 26.2 Å². The fraction of sp³-hybridized carbons (Fsp3) is 0.250. The molecule has 2 aromatic carbocycles. The lowest BCUT2D eigenvalue weighted by molar-refractivity contribution is -0.0498. The zero-order valence-corrected chi connectivity index (χ0v) is 12.3. The Labute approximate surface area is 131 Å². The summed E-state index contributed by atoms with van der Waals surface area (Å²) in [6.07, 6.45) is 0. The molecule has 0 bridgehead atoms. The first-order chi connectivity index (χ1) is 10.5. The first-order valence-corrected chi connectivity index (χ1v) is 7.12. The van der Waals surface area contributed by atoms with Crippen molar-refractivity contribution in [3.8, 4) is 5.75 Å². The van der Waals surface area contributed by atoms with Crippen LogP contribution in [0, 0.1) is 5.82 Å². The quantitative estimate of drug-likeness (QED) is 0.814. The minimum absolute atomic E-state index is 0.133. The number of halogens is 4. The summed E-state index contributed by atoms with van der Waals surface area (Å²) in [6.45, 7) is -0.941. The van der Waals surface area contributed by atoms with Gasteiger partial charge >= 0.3 is 6.61 Å². The molecule has 6 heteroatoms. The molecule has 0 saturated carbocycles. The Morgan fingerprint density at radius 2 is 1.86 bits per heavy atom. The van der Waals surface area contributed by atoms with Gasteiger partial charge < -0.3 is 4.74 Å². The van der Waals surface area contributed by atoms with Crippen LogP contribution in [-0.2, 0) is 19.6 Å². The molecule has 3 rings (SSSR count). The van der Waals surface area contributed by atoms with Crippen molar-refractivity contribution >= 4 is 11.6 Å². The van der Waals surface area contributed by atoms with Crippen molar-refractivity contribution in [3.63, 3.8) is 0 Å². The van der Waals surface area contributed by atoms with E-state index in [0.717, 1.165) is 16.7 Å². The zero-order chi connectivity index (χ0) is 15.7. The predicted molar refractivity (Wildman–Crippen MR) is 77.4 cm³/mol. The third-order valence-electron chi connectivity index (χ3n) is 3.58. The monoisotopic (exact) mass is 327 g/mol. The number of alkyl halides is 2. The molecule has 0 aliphatic carbocycles. The number of rotatable bonds is 4. The molecule has 1 heterocycles. The summed E-state index contributed by atoms with van der Waals surface area (Å²) in [4.78, 5) is 2.11. The SMILES string of the molecule is Fc1cc(Cl)c2c(c1)CN(Cc1ccc(OC(F)F)cc1)C2. The van der Waals surface area contributed by atoms with Gasteiger partial charge in [0.25, 0.3) is 0 Å². The van der Waals surface area contributed by atoms with Crippen molar-refractivity contribution in [2.24, 2.45) is 0 Å². The van der Waals surface area contributed by atoms with Gasteiger partial charge in [-0.3, -0.25) is 4.90 Å². The minimum Gasteiger partial charge on any atom is -0.435 e. The standard InChI is InChI=1S/C16H13ClF3NO/c17-15-6-12(18)5-11-8-21(9-14(11)15)7-10-1-3-13(4-2-10)22-16(19)20/h1-6,16H,7-9H2. The van der Waals surface area contributed by atoms with Gasteiger partial charge in [0.05, 0.1) is 0 Å². The molecule has 2 aromatic rings. The number of benzene rings is 2. The molecule has 1 aliphatic heterocycles. The van der Waals surface area contributed by atoms with Crippen LogP contribution in [0.2, 0.25) is 5.02 Å². The van der Waals surface area contributed by atoms with E-state index in [2.05, 4.69) is 9.64 Å². The van der Waals surface area contributed by atoms with Gasteiger partial charge in [0.2, 0.25) is 0 Å². The molecule has 0 N–H and O–H groups in total. The van der Waals surface area contributed by atoms with Gasteiger partial charge in [-0.1, -0.05) is 23.7 Å². The summed E-state index contributed by atoms with van der Waals surface area (Å²) in [6, 6.07) is 9.32. The van der Waals surface area contributed by atoms with Crippen LogP contribution in [0.5, 0.6) is 5.75 Å². The van der Waals surface area contributed by atoms with Crippen LogP contribution < -0.4 is 4.74 Å². The maximum Gasteiger partial charge on any atom is 0.387 e. The molecule has 116 valence electrons. The summed E-state index contributed by atoms with van der Waals surface area (Å²) in [5, 5.41) is 0.443. The lowest BCUT2D eigenvalue weighted by Gasteiger charge is -2.15. The van der Waals surface area contributed by atoms with Gasteiger partial charge in [-0.2, -0.15) is 8.78 Å². The van der Waals surface area contributed by atoms with E-state index in [1.165, 1.54) is 24.3 Å². The van der Waals surface area contributed by atoms with Crippen LogP contribution in [0.1, 0.15) is 16.7 Å². The fourth-order valence-corrected chi connectivity index (χ4v) is 2.93. The number of ether oxygens (including phenoxy) is 1. The molecule has 22 heavy (non-hydrogen) atoms. The van der Waals surface area contributed by atoms with Gasteiger partial charge in [0, 0.05) is 24.7 Å². The van der Waals surface area contributed by atoms with Gasteiger partial charge in [-0.25, -0.2) is 4.39 Å². The summed E-state index contributed by atoms with van der Waals surface area (Å²) in [7, 11) is 0. The Kier molecular flexibility index (Phi) is 4.27. The lowest BCUT2D eigenvalue weighted by Crippen LogP contribution is -2.15. The van der Waals surface area contributed by atoms with E-state index in [4.69, 9.17) is 11.6 Å². The highest BCUT2D eigenvalue weighted by Gasteiger charge is 2.22. The number of hydrogen-bond donors (Lipinski definition) is 0. The van der Waals surface area contributed by atoms with Gasteiger partial charge in [-0.15, -0.1) is 0 Å². The highest BCUT2D eigenvalue weighted by molar-refractivity contribution is 6.31. The largest absolute Gasteiger partial charge is 0.435 e. The molecule has 2 nitrogen and oxygen atoms in total. The van der Waals surface area contributed by atoms with E-state index < -0.39 is 6.61 Å². The summed E-state index contributed by atoms with van der Waals surface area (Å²) in [5.41, 5.74) is 2.80. The highest BCUT2D eigenvalue weighted by atomic mass is 35.5. The number of fused-ring (bicyclic) bond motifs is 1. The van der Waals surface area contributed by atoms with Crippen molar-refractivity contribution < 1.29 is 17.9 Å². The van der Waals surface area contributed by atoms with E-state index >= 15 is 0 Å². The fourth-order valence-electron chi connectivity index (χ4n) is 2.64. The Hall–Kier alpha value is -1.72. The number of nitrogens with zero attached hydrogens (tertiary/aromatic N) is 1. The Morgan fingerprint density at radius 3 is 2.55 bits per heavy atom. The van der Waals surface area contributed by atoms with Crippen molar-refractivity contribution in [3.05, 3.63) is 63.9 Å². The van der Waals surface area contributed by atoms with E-state index in [9.17, 15) is 13.2 Å². The van der Waals surface area contributed by atoms with Crippen LogP contribution in [0.3, 0.4) is 0 Å². The van der Waals surface area contributed by atoms with Crippen molar-refractivity contribution in [2.75, 3.05) is 0 Å². The molecule has 0 saturated heterocycles. The maximum absolute atomic E-state index is 13.3. The van der Waals surface area contributed by atoms with Crippen LogP contribution in [-0.4, -0.2) is 11.5 Å². The molecule has 0 atom stereocenters. The smallest absolute Gasteiger partial charge is 0.387 e. The second kappa shape index (κ2) is 6.18. The third-order valence-corrected chi connectivity index (χ3v) is 3.92. The average molecular weight is 328 g/mol. The topological polar surface area (TPSA) is 12.5 Å². The van der Waals surface area contributed by atoms with E-state index in [1.807, 2.05) is 0 Å². The molecule has 0 spiro atoms. The van der Waals surface area contributed by atoms with E-state index in [-0.39, 0.29) is 11.6 Å². The molecule has 0 fully saturated rings. The molecule has 0 unspecified atom stereocenters. The number of hydrogen-bond acceptors (Lipinski definition) is 2. The van der Waals surface area contributed by atoms with Crippen molar-refractivity contribution in [1.82, 2.24) is 4.90 Å². The van der Waals surface area contributed by atoms with Crippen LogP contribution in [0.25, 0.3) is 0 Å². The first kappa shape index (κ1) is 15.2. The molecule has 1 aliphatic rings. The first-order valence-electron chi connectivity index (χ1n) is 6.74. The maximum atomic E-state index is 13.3. The summed E-state index contributed by atoms with van der Waals surface area (Å²) >= 11 is 6.06. The zero-order valence-electron chi connectivity index (χ0n) is 11.5. The highest BCUT2D eigenvalue weighted by Crippen LogP contribution is 2.31. The van der Waals surface area contributed by atoms with Crippen LogP contribution in [0.15, 0.2) is 36.4 Å². The minimum atomic E-state index is -2.82. The average Bonchev–Trinajstić information content (AvgIpc) is 2.83. The summed E-state index contributed by atoms with van der Waals surface area (Å²) < 4.78 is 41.9. The van der Waals surface area contributed by atoms with Gasteiger partial charge in [0.1, 0.15) is 11.6 Å². The third kappa shape index (κ3) is 3.36. The van der Waals surface area contributed by atoms with Crippen LogP contribution >= 0.6 is 11.6 Å². The molecular formula is C16H13ClF3NO. The normalized spacial score (nSPS) is 14.4. The van der Waals surface area contributed by atoms with Gasteiger partial charge in [0.15, 0.2) is 0 Å². The van der Waals surface area contributed by atoms with Crippen LogP contribution in [0.4, 0.5) is 13.2 Å². The summed E-state index contributed by atoms with van der Waals surface area (Å²) in [5.74, 6) is -0.201. The lowest BCUT2D eigenvalue weighted by atomic mass is 10.1. The second-order valence-corrected chi connectivity index (χ2v) is 5.60. The van der Waals surface area contributed by atoms with E-state index in [0.29, 0.717) is 24.7 Å².